The molecule has 0 aliphatic rings. The Balaban J connectivity index is 3.11. The number of phenols is 2. The maximum atomic E-state index is 11.5. The van der Waals surface area contributed by atoms with Gasteiger partial charge in [0, 0.05) is 6.42 Å². The third kappa shape index (κ3) is 2.17. The van der Waals surface area contributed by atoms with Crippen molar-refractivity contribution in [1.29, 1.82) is 0 Å². The zero-order valence-electron chi connectivity index (χ0n) is 7.75. The number of carbonyl (C=O) groups excluding carboxylic acids is 1. The molecule has 0 radical (unpaired) electrons. The van der Waals surface area contributed by atoms with Crippen molar-refractivity contribution in [3.63, 3.8) is 0 Å². The first kappa shape index (κ1) is 11.3. The molecule has 0 saturated heterocycles. The average Bonchev–Trinajstić information content (AvgIpc) is 2.15. The van der Waals surface area contributed by atoms with Crippen LogP contribution >= 0.6 is 22.6 Å². The summed E-state index contributed by atoms with van der Waals surface area (Å²) in [5, 5.41) is 18.8. The molecular weight excluding hydrogens is 295 g/mol. The Labute approximate surface area is 95.9 Å². The lowest BCUT2D eigenvalue weighted by atomic mass is 10.1. The molecule has 0 fully saturated rings. The van der Waals surface area contributed by atoms with E-state index in [9.17, 15) is 15.0 Å². The molecule has 0 aliphatic heterocycles. The number of phenolic OH excluding ortho intramolecular Hbond substituents is 2. The van der Waals surface area contributed by atoms with Gasteiger partial charge in [-0.05, 0) is 41.1 Å². The highest BCUT2D eigenvalue weighted by Crippen LogP contribution is 2.32. The van der Waals surface area contributed by atoms with Gasteiger partial charge in [-0.25, -0.2) is 0 Å². The number of rotatable bonds is 3. The van der Waals surface area contributed by atoms with Gasteiger partial charge in [0.25, 0.3) is 0 Å². The van der Waals surface area contributed by atoms with Crippen molar-refractivity contribution >= 4 is 28.4 Å². The van der Waals surface area contributed by atoms with Crippen molar-refractivity contribution in [2.75, 3.05) is 0 Å². The third-order valence-electron chi connectivity index (χ3n) is 1.87. The first-order valence-corrected chi connectivity index (χ1v) is 5.39. The van der Waals surface area contributed by atoms with Crippen LogP contribution in [0.15, 0.2) is 12.1 Å². The molecule has 0 saturated carbocycles. The number of hydrogen-bond acceptors (Lipinski definition) is 3. The molecule has 0 heterocycles. The van der Waals surface area contributed by atoms with E-state index in [0.29, 0.717) is 9.99 Å². The number of benzene rings is 1. The molecular formula is C10H11IO3. The van der Waals surface area contributed by atoms with Gasteiger partial charge in [-0.3, -0.25) is 4.79 Å². The highest BCUT2D eigenvalue weighted by Gasteiger charge is 2.14. The smallest absolute Gasteiger partial charge is 0.166 e. The molecule has 0 aliphatic carbocycles. The summed E-state index contributed by atoms with van der Waals surface area (Å²) in [5.74, 6) is -0.219. The predicted octanol–water partition coefficient (Wildman–Crippen LogP) is 2.69. The lowest BCUT2D eigenvalue weighted by Crippen LogP contribution is -1.99. The quantitative estimate of drug-likeness (QED) is 0.667. The molecule has 1 rings (SSSR count). The van der Waals surface area contributed by atoms with Crippen molar-refractivity contribution in [3.05, 3.63) is 21.3 Å². The molecule has 3 nitrogen and oxygen atoms in total. The Bertz CT molecular complexity index is 361. The van der Waals surface area contributed by atoms with Gasteiger partial charge in [-0.1, -0.05) is 6.92 Å². The van der Waals surface area contributed by atoms with Gasteiger partial charge in [0.1, 0.15) is 11.5 Å². The number of aromatic hydroxyl groups is 2. The standard InChI is InChI=1S/C10H11IO3/c1-2-3-7(12)6-4-5-8(13)9(11)10(6)14/h4-5,13-14H,2-3H2,1H3. The summed E-state index contributed by atoms with van der Waals surface area (Å²) in [5.41, 5.74) is 0.286. The van der Waals surface area contributed by atoms with E-state index in [4.69, 9.17) is 0 Å². The Morgan fingerprint density at radius 1 is 1.43 bits per heavy atom. The van der Waals surface area contributed by atoms with E-state index < -0.39 is 0 Å². The molecule has 0 bridgehead atoms. The maximum absolute atomic E-state index is 11.5. The maximum Gasteiger partial charge on any atom is 0.166 e. The van der Waals surface area contributed by atoms with Gasteiger partial charge in [0.05, 0.1) is 9.13 Å². The van der Waals surface area contributed by atoms with E-state index >= 15 is 0 Å². The molecule has 0 atom stereocenters. The Morgan fingerprint density at radius 2 is 2.07 bits per heavy atom. The molecule has 1 aromatic rings. The second-order valence-corrected chi connectivity index (χ2v) is 4.05. The lowest BCUT2D eigenvalue weighted by molar-refractivity contribution is 0.0979. The molecule has 4 heteroatoms. The van der Waals surface area contributed by atoms with Crippen molar-refractivity contribution in [3.8, 4) is 11.5 Å². The van der Waals surface area contributed by atoms with Crippen molar-refractivity contribution in [1.82, 2.24) is 0 Å². The lowest BCUT2D eigenvalue weighted by Gasteiger charge is -2.05. The summed E-state index contributed by atoms with van der Waals surface area (Å²) in [6.45, 7) is 1.90. The van der Waals surface area contributed by atoms with Crippen LogP contribution in [-0.2, 0) is 0 Å². The molecule has 76 valence electrons. The zero-order chi connectivity index (χ0) is 10.7. The summed E-state index contributed by atoms with van der Waals surface area (Å²) in [7, 11) is 0. The topological polar surface area (TPSA) is 57.5 Å². The SMILES string of the molecule is CCCC(=O)c1ccc(O)c(I)c1O. The number of halogens is 1. The van der Waals surface area contributed by atoms with E-state index in [1.165, 1.54) is 12.1 Å². The van der Waals surface area contributed by atoms with Crippen molar-refractivity contribution < 1.29 is 15.0 Å². The minimum atomic E-state index is -0.121. The van der Waals surface area contributed by atoms with Gasteiger partial charge in [-0.2, -0.15) is 0 Å². The third-order valence-corrected chi connectivity index (χ3v) is 2.94. The van der Waals surface area contributed by atoms with E-state index in [0.717, 1.165) is 6.42 Å². The fraction of sp³-hybridized carbons (Fsp3) is 0.300. The highest BCUT2D eigenvalue weighted by atomic mass is 127. The molecule has 0 amide bonds. The van der Waals surface area contributed by atoms with Crippen LogP contribution in [0.25, 0.3) is 0 Å². The Morgan fingerprint density at radius 3 is 2.64 bits per heavy atom. The fourth-order valence-corrected chi connectivity index (χ4v) is 1.61. The van der Waals surface area contributed by atoms with Crippen molar-refractivity contribution in [2.45, 2.75) is 19.8 Å². The van der Waals surface area contributed by atoms with E-state index in [2.05, 4.69) is 0 Å². The highest BCUT2D eigenvalue weighted by molar-refractivity contribution is 14.1. The number of ketones is 1. The van der Waals surface area contributed by atoms with Crippen LogP contribution in [0.1, 0.15) is 30.1 Å². The minimum absolute atomic E-state index is 0.00357. The number of carbonyl (C=O) groups is 1. The summed E-state index contributed by atoms with van der Waals surface area (Å²) in [6, 6.07) is 2.87. The van der Waals surface area contributed by atoms with Crippen LogP contribution in [0.3, 0.4) is 0 Å². The predicted molar refractivity (Wildman–Crippen MR) is 61.7 cm³/mol. The van der Waals surface area contributed by atoms with Gasteiger partial charge >= 0.3 is 0 Å². The summed E-state index contributed by atoms with van der Waals surface area (Å²) >= 11 is 1.80. The van der Waals surface area contributed by atoms with Crippen LogP contribution in [0, 0.1) is 3.57 Å². The minimum Gasteiger partial charge on any atom is -0.507 e. The molecule has 1 aromatic carbocycles. The summed E-state index contributed by atoms with van der Waals surface area (Å²) < 4.78 is 0.324. The van der Waals surface area contributed by atoms with Gasteiger partial charge in [0.2, 0.25) is 0 Å². The van der Waals surface area contributed by atoms with Crippen LogP contribution in [0.5, 0.6) is 11.5 Å². The van der Waals surface area contributed by atoms with Crippen LogP contribution in [-0.4, -0.2) is 16.0 Å². The van der Waals surface area contributed by atoms with Gasteiger partial charge < -0.3 is 10.2 Å². The van der Waals surface area contributed by atoms with Gasteiger partial charge in [-0.15, -0.1) is 0 Å². The first-order chi connectivity index (χ1) is 6.57. The number of Topliss-reactive ketones (excluding diaryl/α,β-unsaturated/α-hetero) is 1. The largest absolute Gasteiger partial charge is 0.507 e. The monoisotopic (exact) mass is 306 g/mol. The zero-order valence-corrected chi connectivity index (χ0v) is 9.91. The fourth-order valence-electron chi connectivity index (χ4n) is 1.14. The Hall–Kier alpha value is -0.780. The molecule has 0 spiro atoms. The molecule has 2 N–H and O–H groups in total. The van der Waals surface area contributed by atoms with E-state index in [1.54, 1.807) is 22.6 Å². The molecule has 14 heavy (non-hydrogen) atoms. The van der Waals surface area contributed by atoms with Crippen molar-refractivity contribution in [2.24, 2.45) is 0 Å². The molecule has 0 unspecified atom stereocenters. The number of hydrogen-bond donors (Lipinski definition) is 2. The normalized spacial score (nSPS) is 10.1. The van der Waals surface area contributed by atoms with Crippen LogP contribution < -0.4 is 0 Å². The Kier molecular flexibility index (Phi) is 3.74. The average molecular weight is 306 g/mol. The molecule has 0 aromatic heterocycles. The van der Waals surface area contributed by atoms with Gasteiger partial charge in [0.15, 0.2) is 5.78 Å². The van der Waals surface area contributed by atoms with Crippen LogP contribution in [0.2, 0.25) is 0 Å². The second-order valence-electron chi connectivity index (χ2n) is 2.97. The van der Waals surface area contributed by atoms with E-state index in [1.807, 2.05) is 6.92 Å². The second kappa shape index (κ2) is 4.63. The van der Waals surface area contributed by atoms with E-state index in [-0.39, 0.29) is 22.8 Å². The summed E-state index contributed by atoms with van der Waals surface area (Å²) in [4.78, 5) is 11.5. The summed E-state index contributed by atoms with van der Waals surface area (Å²) in [6.07, 6.45) is 1.16. The first-order valence-electron chi connectivity index (χ1n) is 4.31. The van der Waals surface area contributed by atoms with Crippen LogP contribution in [0.4, 0.5) is 0 Å².